The van der Waals surface area contributed by atoms with Gasteiger partial charge in [0.15, 0.2) is 0 Å². The zero-order valence-corrected chi connectivity index (χ0v) is 11.9. The summed E-state index contributed by atoms with van der Waals surface area (Å²) in [4.78, 5) is 2.53. The molecule has 0 saturated carbocycles. The van der Waals surface area contributed by atoms with Crippen molar-refractivity contribution in [3.05, 3.63) is 59.7 Å². The summed E-state index contributed by atoms with van der Waals surface area (Å²) in [6.07, 6.45) is 4.85. The number of anilines is 2. The van der Waals surface area contributed by atoms with Gasteiger partial charge in [0.05, 0.1) is 0 Å². The number of nitrogen functional groups attached to an aromatic ring is 1. The number of benzene rings is 2. The van der Waals surface area contributed by atoms with E-state index in [-0.39, 0.29) is 0 Å². The van der Waals surface area contributed by atoms with Crippen LogP contribution >= 0.6 is 0 Å². The average molecular weight is 266 g/mol. The summed E-state index contributed by atoms with van der Waals surface area (Å²) in [5.41, 5.74) is 11.0. The van der Waals surface area contributed by atoms with Crippen molar-refractivity contribution in [3.63, 3.8) is 0 Å². The van der Waals surface area contributed by atoms with Crippen molar-refractivity contribution in [2.24, 2.45) is 0 Å². The van der Waals surface area contributed by atoms with Gasteiger partial charge in [0.1, 0.15) is 0 Å². The normalized spacial score (nSPS) is 14.7. The lowest BCUT2D eigenvalue weighted by molar-refractivity contribution is 0.711. The maximum absolute atomic E-state index is 5.86. The number of hydrogen-bond donors (Lipinski definition) is 1. The Hall–Kier alpha value is -1.96. The highest BCUT2D eigenvalue weighted by Crippen LogP contribution is 2.26. The molecule has 2 aromatic carbocycles. The molecule has 0 spiro atoms. The molecule has 20 heavy (non-hydrogen) atoms. The summed E-state index contributed by atoms with van der Waals surface area (Å²) < 4.78 is 0. The molecule has 0 amide bonds. The van der Waals surface area contributed by atoms with E-state index in [1.807, 2.05) is 12.1 Å². The monoisotopic (exact) mass is 266 g/mol. The van der Waals surface area contributed by atoms with E-state index in [1.165, 1.54) is 42.6 Å². The van der Waals surface area contributed by atoms with Gasteiger partial charge in [-0.25, -0.2) is 0 Å². The fraction of sp³-hybridized carbons (Fsp3) is 0.333. The molecular formula is C18H22N2. The molecule has 104 valence electrons. The Bertz CT molecular complexity index is 577. The first-order chi connectivity index (χ1) is 9.83. The maximum atomic E-state index is 5.86. The van der Waals surface area contributed by atoms with Crippen LogP contribution in [0.3, 0.4) is 0 Å². The highest BCUT2D eigenvalue weighted by atomic mass is 15.1. The first-order valence-corrected chi connectivity index (χ1v) is 7.50. The fourth-order valence-electron chi connectivity index (χ4n) is 3.01. The van der Waals surface area contributed by atoms with Crippen molar-refractivity contribution >= 4 is 11.4 Å². The Labute approximate surface area is 121 Å². The minimum absolute atomic E-state index is 0.860. The second kappa shape index (κ2) is 6.00. The van der Waals surface area contributed by atoms with E-state index in [0.717, 1.165) is 18.7 Å². The molecule has 0 aliphatic carbocycles. The summed E-state index contributed by atoms with van der Waals surface area (Å²) in [6, 6.07) is 17.1. The number of aryl methyl sites for hydroxylation is 1. The predicted molar refractivity (Wildman–Crippen MR) is 86.2 cm³/mol. The Kier molecular flexibility index (Phi) is 3.91. The topological polar surface area (TPSA) is 29.3 Å². The van der Waals surface area contributed by atoms with E-state index in [1.54, 1.807) is 0 Å². The molecule has 1 heterocycles. The molecular weight excluding hydrogens is 244 g/mol. The Morgan fingerprint density at radius 2 is 1.90 bits per heavy atom. The van der Waals surface area contributed by atoms with Crippen LogP contribution in [0.1, 0.15) is 24.0 Å². The number of rotatable bonds is 3. The number of hydrogen-bond acceptors (Lipinski definition) is 2. The minimum Gasteiger partial charge on any atom is -0.399 e. The summed E-state index contributed by atoms with van der Waals surface area (Å²) >= 11 is 0. The molecule has 2 N–H and O–H groups in total. The summed E-state index contributed by atoms with van der Waals surface area (Å²) in [5.74, 6) is 0. The quantitative estimate of drug-likeness (QED) is 0.859. The molecule has 0 bridgehead atoms. The predicted octanol–water partition coefficient (Wildman–Crippen LogP) is 3.65. The van der Waals surface area contributed by atoms with Gasteiger partial charge in [-0.3, -0.25) is 0 Å². The van der Waals surface area contributed by atoms with E-state index in [2.05, 4.69) is 41.3 Å². The SMILES string of the molecule is Nc1cccc(CCN2CCCCc3ccccc32)c1. The lowest BCUT2D eigenvalue weighted by Gasteiger charge is -2.25. The molecule has 0 atom stereocenters. The number of fused-ring (bicyclic) bond motifs is 1. The Balaban J connectivity index is 1.74. The molecule has 0 unspecified atom stereocenters. The van der Waals surface area contributed by atoms with Gasteiger partial charge < -0.3 is 10.6 Å². The molecule has 2 aromatic rings. The van der Waals surface area contributed by atoms with Gasteiger partial charge in [-0.1, -0.05) is 30.3 Å². The van der Waals surface area contributed by atoms with Crippen molar-refractivity contribution in [1.82, 2.24) is 0 Å². The summed E-state index contributed by atoms with van der Waals surface area (Å²) in [5, 5.41) is 0. The third-order valence-electron chi connectivity index (χ3n) is 4.08. The highest BCUT2D eigenvalue weighted by molar-refractivity contribution is 5.54. The molecule has 2 nitrogen and oxygen atoms in total. The number of nitrogens with zero attached hydrogens (tertiary/aromatic N) is 1. The van der Waals surface area contributed by atoms with E-state index >= 15 is 0 Å². The van der Waals surface area contributed by atoms with Crippen LogP contribution in [0, 0.1) is 0 Å². The van der Waals surface area contributed by atoms with E-state index < -0.39 is 0 Å². The largest absolute Gasteiger partial charge is 0.399 e. The summed E-state index contributed by atoms with van der Waals surface area (Å²) in [7, 11) is 0. The molecule has 0 radical (unpaired) electrons. The van der Waals surface area contributed by atoms with Gasteiger partial charge in [0.2, 0.25) is 0 Å². The van der Waals surface area contributed by atoms with Crippen molar-refractivity contribution < 1.29 is 0 Å². The van der Waals surface area contributed by atoms with E-state index in [0.29, 0.717) is 0 Å². The van der Waals surface area contributed by atoms with Crippen molar-refractivity contribution in [2.75, 3.05) is 23.7 Å². The van der Waals surface area contributed by atoms with Gasteiger partial charge in [0.25, 0.3) is 0 Å². The number of para-hydroxylation sites is 1. The molecule has 0 aromatic heterocycles. The maximum Gasteiger partial charge on any atom is 0.0398 e. The molecule has 1 aliphatic rings. The van der Waals surface area contributed by atoms with Gasteiger partial charge in [-0.2, -0.15) is 0 Å². The highest BCUT2D eigenvalue weighted by Gasteiger charge is 2.14. The lowest BCUT2D eigenvalue weighted by atomic mass is 10.1. The van der Waals surface area contributed by atoms with Crippen LogP contribution in [0.4, 0.5) is 11.4 Å². The smallest absolute Gasteiger partial charge is 0.0398 e. The van der Waals surface area contributed by atoms with Crippen molar-refractivity contribution in [3.8, 4) is 0 Å². The zero-order chi connectivity index (χ0) is 13.8. The van der Waals surface area contributed by atoms with Crippen LogP contribution in [0.5, 0.6) is 0 Å². The standard InChI is InChI=1S/C18H22N2/c19-17-9-5-6-15(14-17)11-13-20-12-4-3-8-16-7-1-2-10-18(16)20/h1-2,5-7,9-10,14H,3-4,8,11-13,19H2. The van der Waals surface area contributed by atoms with Crippen LogP contribution in [0.15, 0.2) is 48.5 Å². The lowest BCUT2D eigenvalue weighted by Crippen LogP contribution is -2.26. The first-order valence-electron chi connectivity index (χ1n) is 7.50. The second-order valence-corrected chi connectivity index (χ2v) is 5.57. The summed E-state index contributed by atoms with van der Waals surface area (Å²) in [6.45, 7) is 2.24. The van der Waals surface area contributed by atoms with E-state index in [9.17, 15) is 0 Å². The molecule has 2 heteroatoms. The Morgan fingerprint density at radius 3 is 2.80 bits per heavy atom. The zero-order valence-electron chi connectivity index (χ0n) is 11.9. The Morgan fingerprint density at radius 1 is 1.00 bits per heavy atom. The van der Waals surface area contributed by atoms with Crippen LogP contribution in [-0.4, -0.2) is 13.1 Å². The average Bonchev–Trinajstić information content (AvgIpc) is 2.67. The van der Waals surface area contributed by atoms with Crippen LogP contribution in [0.25, 0.3) is 0 Å². The van der Waals surface area contributed by atoms with E-state index in [4.69, 9.17) is 5.73 Å². The third-order valence-corrected chi connectivity index (χ3v) is 4.08. The molecule has 3 rings (SSSR count). The fourth-order valence-corrected chi connectivity index (χ4v) is 3.01. The van der Waals surface area contributed by atoms with Crippen LogP contribution in [0.2, 0.25) is 0 Å². The van der Waals surface area contributed by atoms with Crippen LogP contribution in [-0.2, 0) is 12.8 Å². The van der Waals surface area contributed by atoms with Gasteiger partial charge in [-0.05, 0) is 55.0 Å². The molecule has 0 saturated heterocycles. The molecule has 0 fully saturated rings. The third kappa shape index (κ3) is 2.96. The van der Waals surface area contributed by atoms with Gasteiger partial charge in [0, 0.05) is 24.5 Å². The van der Waals surface area contributed by atoms with Gasteiger partial charge >= 0.3 is 0 Å². The van der Waals surface area contributed by atoms with Crippen molar-refractivity contribution in [2.45, 2.75) is 25.7 Å². The minimum atomic E-state index is 0.860. The second-order valence-electron chi connectivity index (χ2n) is 5.57. The first kappa shape index (κ1) is 13.0. The van der Waals surface area contributed by atoms with Gasteiger partial charge in [-0.15, -0.1) is 0 Å². The van der Waals surface area contributed by atoms with Crippen LogP contribution < -0.4 is 10.6 Å². The molecule has 1 aliphatic heterocycles. The number of nitrogens with two attached hydrogens (primary N) is 1. The van der Waals surface area contributed by atoms with Crippen molar-refractivity contribution in [1.29, 1.82) is 0 Å².